The van der Waals surface area contributed by atoms with Crippen molar-refractivity contribution in [1.29, 1.82) is 0 Å². The molecule has 2 heterocycles. The van der Waals surface area contributed by atoms with Crippen LogP contribution in [0.5, 0.6) is 0 Å². The minimum absolute atomic E-state index is 0.103. The highest BCUT2D eigenvalue weighted by atomic mass is 16.5. The van der Waals surface area contributed by atoms with E-state index in [4.69, 9.17) is 4.74 Å². The number of amides is 1. The molecule has 1 amide bonds. The molecule has 7 heteroatoms. The monoisotopic (exact) mass is 370 g/mol. The molecule has 1 aliphatic rings. The lowest BCUT2D eigenvalue weighted by atomic mass is 9.75. The van der Waals surface area contributed by atoms with Gasteiger partial charge in [0.2, 0.25) is 0 Å². The van der Waals surface area contributed by atoms with Crippen molar-refractivity contribution in [1.82, 2.24) is 19.7 Å². The zero-order chi connectivity index (χ0) is 19.8. The lowest BCUT2D eigenvalue weighted by molar-refractivity contribution is 0.0743. The number of pyridine rings is 1. The molecule has 0 atom stereocenters. The second-order valence-electron chi connectivity index (χ2n) is 7.88. The third-order valence-corrected chi connectivity index (χ3v) is 4.91. The molecule has 0 unspecified atom stereocenters. The van der Waals surface area contributed by atoms with Crippen LogP contribution in [0.3, 0.4) is 0 Å². The van der Waals surface area contributed by atoms with Crippen LogP contribution in [0.4, 0.5) is 0 Å². The lowest BCUT2D eigenvalue weighted by Crippen LogP contribution is -2.30. The standard InChI is InChI=1S/C20H26N4O3/c1-13-18-15(10-20(2,3)11-16(18)25)24(22-13)17-7-6-14(12-21-17)19(26)23(4)8-9-27-5/h6-7,12H,8-11H2,1-5H3. The molecule has 0 bridgehead atoms. The van der Waals surface area contributed by atoms with Crippen molar-refractivity contribution in [3.8, 4) is 5.82 Å². The number of Topliss-reactive ketones (excluding diaryl/α,β-unsaturated/α-hetero) is 1. The van der Waals surface area contributed by atoms with E-state index in [1.165, 1.54) is 0 Å². The van der Waals surface area contributed by atoms with Gasteiger partial charge in [0.15, 0.2) is 11.6 Å². The number of nitrogens with zero attached hydrogens (tertiary/aromatic N) is 4. The predicted octanol–water partition coefficient (Wildman–Crippen LogP) is 2.45. The maximum Gasteiger partial charge on any atom is 0.255 e. The zero-order valence-electron chi connectivity index (χ0n) is 16.6. The number of methoxy groups -OCH3 is 1. The Bertz CT molecular complexity index is 868. The van der Waals surface area contributed by atoms with Crippen LogP contribution in [0.15, 0.2) is 18.3 Å². The zero-order valence-corrected chi connectivity index (χ0v) is 16.6. The van der Waals surface area contributed by atoms with Gasteiger partial charge in [-0.2, -0.15) is 5.10 Å². The second-order valence-corrected chi connectivity index (χ2v) is 7.88. The van der Waals surface area contributed by atoms with Gasteiger partial charge in [-0.15, -0.1) is 0 Å². The van der Waals surface area contributed by atoms with E-state index in [9.17, 15) is 9.59 Å². The molecule has 3 rings (SSSR count). The molecular formula is C20H26N4O3. The average molecular weight is 370 g/mol. The summed E-state index contributed by atoms with van der Waals surface area (Å²) in [6.45, 7) is 7.03. The molecule has 0 saturated heterocycles. The number of ether oxygens (including phenoxy) is 1. The van der Waals surface area contributed by atoms with Crippen LogP contribution in [0.2, 0.25) is 0 Å². The minimum atomic E-state index is -0.110. The van der Waals surface area contributed by atoms with Gasteiger partial charge < -0.3 is 9.64 Å². The van der Waals surface area contributed by atoms with Crippen LogP contribution >= 0.6 is 0 Å². The molecule has 0 spiro atoms. The van der Waals surface area contributed by atoms with E-state index < -0.39 is 0 Å². The van der Waals surface area contributed by atoms with E-state index in [2.05, 4.69) is 23.9 Å². The van der Waals surface area contributed by atoms with Crippen molar-refractivity contribution in [2.24, 2.45) is 5.41 Å². The van der Waals surface area contributed by atoms with Crippen molar-refractivity contribution in [2.75, 3.05) is 27.3 Å². The highest BCUT2D eigenvalue weighted by Gasteiger charge is 2.35. The number of likely N-dealkylation sites (N-methyl/N-ethyl adjacent to an activating group) is 1. The van der Waals surface area contributed by atoms with Crippen LogP contribution in [0, 0.1) is 12.3 Å². The molecule has 1 aliphatic carbocycles. The summed E-state index contributed by atoms with van der Waals surface area (Å²) < 4.78 is 6.75. The van der Waals surface area contributed by atoms with E-state index in [0.717, 1.165) is 23.4 Å². The van der Waals surface area contributed by atoms with E-state index in [-0.39, 0.29) is 17.1 Å². The number of carbonyl (C=O) groups is 2. The van der Waals surface area contributed by atoms with Crippen molar-refractivity contribution in [3.05, 3.63) is 40.8 Å². The third-order valence-electron chi connectivity index (χ3n) is 4.91. The molecule has 0 aromatic carbocycles. The smallest absolute Gasteiger partial charge is 0.255 e. The van der Waals surface area contributed by atoms with Gasteiger partial charge in [-0.25, -0.2) is 9.67 Å². The molecule has 0 radical (unpaired) electrons. The summed E-state index contributed by atoms with van der Waals surface area (Å²) in [5.74, 6) is 0.638. The molecule has 2 aromatic rings. The summed E-state index contributed by atoms with van der Waals surface area (Å²) in [6.07, 6.45) is 2.85. The van der Waals surface area contributed by atoms with Gasteiger partial charge in [0.25, 0.3) is 5.91 Å². The SMILES string of the molecule is COCCN(C)C(=O)c1ccc(-n2nc(C)c3c2CC(C)(C)CC3=O)nc1. The molecule has 2 aromatic heterocycles. The summed E-state index contributed by atoms with van der Waals surface area (Å²) in [6, 6.07) is 3.52. The van der Waals surface area contributed by atoms with Gasteiger partial charge in [0.05, 0.1) is 29.1 Å². The Labute approximate surface area is 159 Å². The van der Waals surface area contributed by atoms with Gasteiger partial charge in [-0.05, 0) is 30.9 Å². The van der Waals surface area contributed by atoms with Gasteiger partial charge in [-0.3, -0.25) is 9.59 Å². The number of fused-ring (bicyclic) bond motifs is 1. The molecular weight excluding hydrogens is 344 g/mol. The van der Waals surface area contributed by atoms with E-state index in [0.29, 0.717) is 31.0 Å². The number of rotatable bonds is 5. The number of ketones is 1. The first kappa shape index (κ1) is 19.2. The Kier molecular flexibility index (Phi) is 5.15. The molecule has 27 heavy (non-hydrogen) atoms. The predicted molar refractivity (Wildman–Crippen MR) is 101 cm³/mol. The summed E-state index contributed by atoms with van der Waals surface area (Å²) in [5, 5.41) is 4.55. The fourth-order valence-corrected chi connectivity index (χ4v) is 3.52. The number of carbonyl (C=O) groups excluding carboxylic acids is 2. The molecule has 0 saturated carbocycles. The molecule has 144 valence electrons. The topological polar surface area (TPSA) is 77.3 Å². The van der Waals surface area contributed by atoms with Gasteiger partial charge in [0.1, 0.15) is 0 Å². The number of hydrogen-bond donors (Lipinski definition) is 0. The molecule has 0 aliphatic heterocycles. The van der Waals surface area contributed by atoms with E-state index in [1.807, 2.05) is 6.92 Å². The Balaban J connectivity index is 1.90. The summed E-state index contributed by atoms with van der Waals surface area (Å²) in [7, 11) is 3.34. The van der Waals surface area contributed by atoms with Crippen LogP contribution in [0.25, 0.3) is 5.82 Å². The number of aryl methyl sites for hydroxylation is 1. The maximum absolute atomic E-state index is 12.5. The first-order valence-electron chi connectivity index (χ1n) is 9.06. The van der Waals surface area contributed by atoms with E-state index >= 15 is 0 Å². The van der Waals surface area contributed by atoms with Crippen molar-refractivity contribution in [3.63, 3.8) is 0 Å². The van der Waals surface area contributed by atoms with Crippen molar-refractivity contribution < 1.29 is 14.3 Å². The molecule has 7 nitrogen and oxygen atoms in total. The first-order valence-corrected chi connectivity index (χ1v) is 9.06. The fraction of sp³-hybridized carbons (Fsp3) is 0.500. The minimum Gasteiger partial charge on any atom is -0.383 e. The van der Waals surface area contributed by atoms with Crippen LogP contribution in [-0.4, -0.2) is 58.7 Å². The average Bonchev–Trinajstić information content (AvgIpc) is 2.94. The highest BCUT2D eigenvalue weighted by Crippen LogP contribution is 2.36. The van der Waals surface area contributed by atoms with Gasteiger partial charge in [0, 0.05) is 33.3 Å². The summed E-state index contributed by atoms with van der Waals surface area (Å²) in [4.78, 5) is 31.0. The molecule has 0 fully saturated rings. The Hall–Kier alpha value is -2.54. The van der Waals surface area contributed by atoms with E-state index in [1.54, 1.807) is 42.1 Å². The quantitative estimate of drug-likeness (QED) is 0.808. The fourth-order valence-electron chi connectivity index (χ4n) is 3.52. The number of aromatic nitrogens is 3. The van der Waals surface area contributed by atoms with Crippen LogP contribution in [-0.2, 0) is 11.2 Å². The third kappa shape index (κ3) is 3.78. The van der Waals surface area contributed by atoms with Crippen molar-refractivity contribution >= 4 is 11.7 Å². The molecule has 0 N–H and O–H groups in total. The van der Waals surface area contributed by atoms with Crippen molar-refractivity contribution in [2.45, 2.75) is 33.6 Å². The van der Waals surface area contributed by atoms with Gasteiger partial charge in [-0.1, -0.05) is 13.8 Å². The van der Waals surface area contributed by atoms with Gasteiger partial charge >= 0.3 is 0 Å². The Morgan fingerprint density at radius 1 is 1.33 bits per heavy atom. The normalized spacial score (nSPS) is 15.5. The Morgan fingerprint density at radius 2 is 2.07 bits per heavy atom. The van der Waals surface area contributed by atoms with Crippen LogP contribution in [0.1, 0.15) is 52.4 Å². The van der Waals surface area contributed by atoms with Crippen LogP contribution < -0.4 is 0 Å². The summed E-state index contributed by atoms with van der Waals surface area (Å²) >= 11 is 0. The second kappa shape index (κ2) is 7.23. The first-order chi connectivity index (χ1) is 12.7. The Morgan fingerprint density at radius 3 is 2.70 bits per heavy atom. The maximum atomic E-state index is 12.5. The summed E-state index contributed by atoms with van der Waals surface area (Å²) in [5.41, 5.74) is 2.75. The number of hydrogen-bond acceptors (Lipinski definition) is 5. The highest BCUT2D eigenvalue weighted by molar-refractivity contribution is 6.00. The lowest BCUT2D eigenvalue weighted by Gasteiger charge is -2.29. The largest absolute Gasteiger partial charge is 0.383 e.